The molecule has 4 nitrogen and oxygen atoms in total. The van der Waals surface area contributed by atoms with Crippen LogP contribution >= 0.6 is 0 Å². The summed E-state index contributed by atoms with van der Waals surface area (Å²) < 4.78 is 0. The molecule has 0 unspecified atom stereocenters. The number of hydrogen-bond donors (Lipinski definition) is 3. The van der Waals surface area contributed by atoms with Crippen LogP contribution in [-0.4, -0.2) is 24.6 Å². The summed E-state index contributed by atoms with van der Waals surface area (Å²) in [5, 5.41) is 6.69. The first-order chi connectivity index (χ1) is 8.95. The van der Waals surface area contributed by atoms with E-state index in [1.54, 1.807) is 7.05 Å². The first-order valence-electron chi connectivity index (χ1n) is 6.49. The SMILES string of the molecule is CNC(=O)NCC(C)(C)c1c(C)[nH]c2ccccc12. The van der Waals surface area contributed by atoms with Gasteiger partial charge in [0.15, 0.2) is 0 Å². The van der Waals surface area contributed by atoms with Crippen LogP contribution in [0.15, 0.2) is 24.3 Å². The number of benzene rings is 1. The average Bonchev–Trinajstić information content (AvgIpc) is 2.72. The fourth-order valence-corrected chi connectivity index (χ4v) is 2.63. The number of aromatic amines is 1. The zero-order valence-corrected chi connectivity index (χ0v) is 11.9. The number of carbonyl (C=O) groups is 1. The van der Waals surface area contributed by atoms with Gasteiger partial charge in [-0.15, -0.1) is 0 Å². The summed E-state index contributed by atoms with van der Waals surface area (Å²) in [5.41, 5.74) is 3.43. The van der Waals surface area contributed by atoms with Crippen LogP contribution in [0.2, 0.25) is 0 Å². The maximum atomic E-state index is 11.3. The second kappa shape index (κ2) is 4.96. The number of carbonyl (C=O) groups excluding carboxylic acids is 1. The van der Waals surface area contributed by atoms with Gasteiger partial charge in [0.1, 0.15) is 0 Å². The molecule has 1 aromatic heterocycles. The lowest BCUT2D eigenvalue weighted by molar-refractivity contribution is 0.240. The van der Waals surface area contributed by atoms with Crippen molar-refractivity contribution in [1.29, 1.82) is 0 Å². The predicted molar refractivity (Wildman–Crippen MR) is 78.5 cm³/mol. The quantitative estimate of drug-likeness (QED) is 0.780. The minimum Gasteiger partial charge on any atom is -0.358 e. The minimum atomic E-state index is -0.148. The van der Waals surface area contributed by atoms with Gasteiger partial charge in [0.25, 0.3) is 0 Å². The molecular formula is C15H21N3O. The molecule has 2 aromatic rings. The number of nitrogens with one attached hydrogen (secondary N) is 3. The van der Waals surface area contributed by atoms with E-state index in [2.05, 4.69) is 48.5 Å². The fraction of sp³-hybridized carbons (Fsp3) is 0.400. The van der Waals surface area contributed by atoms with Crippen molar-refractivity contribution in [2.45, 2.75) is 26.2 Å². The van der Waals surface area contributed by atoms with E-state index in [4.69, 9.17) is 0 Å². The monoisotopic (exact) mass is 259 g/mol. The van der Waals surface area contributed by atoms with Crippen LogP contribution in [0.25, 0.3) is 10.9 Å². The molecule has 2 rings (SSSR count). The summed E-state index contributed by atoms with van der Waals surface area (Å²) in [5.74, 6) is 0. The maximum Gasteiger partial charge on any atom is 0.314 e. The van der Waals surface area contributed by atoms with Crippen LogP contribution < -0.4 is 10.6 Å². The Hall–Kier alpha value is -1.97. The second-order valence-corrected chi connectivity index (χ2v) is 5.49. The topological polar surface area (TPSA) is 56.9 Å². The molecule has 0 radical (unpaired) electrons. The van der Waals surface area contributed by atoms with Gasteiger partial charge in [-0.2, -0.15) is 0 Å². The van der Waals surface area contributed by atoms with E-state index in [1.165, 1.54) is 10.9 Å². The maximum absolute atomic E-state index is 11.3. The summed E-state index contributed by atoms with van der Waals surface area (Å²) in [7, 11) is 1.62. The molecule has 19 heavy (non-hydrogen) atoms. The molecule has 0 aliphatic heterocycles. The Labute approximate surface area is 113 Å². The summed E-state index contributed by atoms with van der Waals surface area (Å²) in [6.07, 6.45) is 0. The van der Waals surface area contributed by atoms with E-state index >= 15 is 0 Å². The van der Waals surface area contributed by atoms with Gasteiger partial charge in [-0.3, -0.25) is 0 Å². The van der Waals surface area contributed by atoms with Gasteiger partial charge < -0.3 is 15.6 Å². The Morgan fingerprint density at radius 1 is 1.32 bits per heavy atom. The molecule has 2 amide bonds. The lowest BCUT2D eigenvalue weighted by Gasteiger charge is -2.26. The second-order valence-electron chi connectivity index (χ2n) is 5.49. The molecule has 4 heteroatoms. The summed E-state index contributed by atoms with van der Waals surface area (Å²) in [6.45, 7) is 6.96. The van der Waals surface area contributed by atoms with E-state index in [-0.39, 0.29) is 11.4 Å². The highest BCUT2D eigenvalue weighted by atomic mass is 16.2. The summed E-state index contributed by atoms with van der Waals surface area (Å²) >= 11 is 0. The number of fused-ring (bicyclic) bond motifs is 1. The first-order valence-corrected chi connectivity index (χ1v) is 6.49. The summed E-state index contributed by atoms with van der Waals surface area (Å²) in [4.78, 5) is 14.8. The lowest BCUT2D eigenvalue weighted by atomic mass is 9.82. The van der Waals surface area contributed by atoms with Crippen molar-refractivity contribution in [1.82, 2.24) is 15.6 Å². The molecule has 3 N–H and O–H groups in total. The molecule has 0 saturated carbocycles. The Bertz CT molecular complexity index is 598. The lowest BCUT2D eigenvalue weighted by Crippen LogP contribution is -2.41. The number of aromatic nitrogens is 1. The van der Waals surface area contributed by atoms with E-state index in [9.17, 15) is 4.79 Å². The minimum absolute atomic E-state index is 0.129. The number of amides is 2. The molecule has 0 bridgehead atoms. The van der Waals surface area contributed by atoms with Gasteiger partial charge in [0.2, 0.25) is 0 Å². The van der Waals surface area contributed by atoms with Crippen molar-refractivity contribution in [3.05, 3.63) is 35.5 Å². The van der Waals surface area contributed by atoms with E-state index in [0.29, 0.717) is 6.54 Å². The van der Waals surface area contributed by atoms with Crippen molar-refractivity contribution >= 4 is 16.9 Å². The summed E-state index contributed by atoms with van der Waals surface area (Å²) in [6, 6.07) is 8.12. The van der Waals surface area contributed by atoms with Crippen molar-refractivity contribution in [3.8, 4) is 0 Å². The number of hydrogen-bond acceptors (Lipinski definition) is 1. The molecule has 1 heterocycles. The highest BCUT2D eigenvalue weighted by Crippen LogP contribution is 2.32. The molecule has 0 atom stereocenters. The smallest absolute Gasteiger partial charge is 0.314 e. The van der Waals surface area contributed by atoms with Gasteiger partial charge in [0, 0.05) is 35.6 Å². The van der Waals surface area contributed by atoms with Crippen LogP contribution in [0.3, 0.4) is 0 Å². The van der Waals surface area contributed by atoms with Crippen LogP contribution in [0.4, 0.5) is 4.79 Å². The van der Waals surface area contributed by atoms with Gasteiger partial charge in [-0.05, 0) is 18.6 Å². The van der Waals surface area contributed by atoms with Gasteiger partial charge in [0.05, 0.1) is 0 Å². The molecule has 0 fully saturated rings. The molecular weight excluding hydrogens is 238 g/mol. The number of urea groups is 1. The molecule has 0 spiro atoms. The molecule has 0 saturated heterocycles. The number of aryl methyl sites for hydroxylation is 1. The van der Waals surface area contributed by atoms with Crippen molar-refractivity contribution in [2.75, 3.05) is 13.6 Å². The number of H-pyrrole nitrogens is 1. The predicted octanol–water partition coefficient (Wildman–Crippen LogP) is 2.68. The van der Waals surface area contributed by atoms with Gasteiger partial charge in [-0.1, -0.05) is 32.0 Å². The highest BCUT2D eigenvalue weighted by Gasteiger charge is 2.26. The number of para-hydroxylation sites is 1. The molecule has 1 aromatic carbocycles. The van der Waals surface area contributed by atoms with Crippen molar-refractivity contribution in [3.63, 3.8) is 0 Å². The zero-order valence-electron chi connectivity index (χ0n) is 11.9. The molecule has 102 valence electrons. The first kappa shape index (κ1) is 13.5. The van der Waals surface area contributed by atoms with Crippen molar-refractivity contribution in [2.24, 2.45) is 0 Å². The standard InChI is InChI=1S/C15H21N3O/c1-10-13(11-7-5-6-8-12(11)18-10)15(2,3)9-17-14(19)16-4/h5-8,18H,9H2,1-4H3,(H2,16,17,19). The largest absolute Gasteiger partial charge is 0.358 e. The van der Waals surface area contributed by atoms with Crippen molar-refractivity contribution < 1.29 is 4.79 Å². The Balaban J connectivity index is 2.36. The number of rotatable bonds is 3. The Morgan fingerprint density at radius 2 is 2.00 bits per heavy atom. The molecule has 0 aliphatic rings. The van der Waals surface area contributed by atoms with E-state index in [1.807, 2.05) is 12.1 Å². The van der Waals surface area contributed by atoms with Crippen LogP contribution in [0, 0.1) is 6.92 Å². The Morgan fingerprint density at radius 3 is 2.68 bits per heavy atom. The third kappa shape index (κ3) is 2.57. The molecule has 0 aliphatic carbocycles. The Kier molecular flexibility index (Phi) is 3.51. The third-order valence-electron chi connectivity index (χ3n) is 3.49. The normalized spacial score (nSPS) is 11.6. The highest BCUT2D eigenvalue weighted by molar-refractivity contribution is 5.85. The van der Waals surface area contributed by atoms with Gasteiger partial charge >= 0.3 is 6.03 Å². The van der Waals surface area contributed by atoms with E-state index < -0.39 is 0 Å². The van der Waals surface area contributed by atoms with Gasteiger partial charge in [-0.25, -0.2) is 4.79 Å². The fourth-order valence-electron chi connectivity index (χ4n) is 2.63. The third-order valence-corrected chi connectivity index (χ3v) is 3.49. The van der Waals surface area contributed by atoms with E-state index in [0.717, 1.165) is 11.2 Å². The zero-order chi connectivity index (χ0) is 14.0. The average molecular weight is 259 g/mol. The van der Waals surface area contributed by atoms with Crippen LogP contribution in [-0.2, 0) is 5.41 Å². The van der Waals surface area contributed by atoms with Crippen LogP contribution in [0.5, 0.6) is 0 Å². The van der Waals surface area contributed by atoms with Crippen LogP contribution in [0.1, 0.15) is 25.1 Å².